The number of phenolic OH excluding ortho intramolecular Hbond substituents is 2. The van der Waals surface area contributed by atoms with Gasteiger partial charge in [-0.05, 0) is 78.5 Å². The number of hydrogen-bond donors (Lipinski definition) is 2. The highest BCUT2D eigenvalue weighted by molar-refractivity contribution is 5.41. The van der Waals surface area contributed by atoms with Gasteiger partial charge in [-0.25, -0.2) is 0 Å². The van der Waals surface area contributed by atoms with Crippen molar-refractivity contribution >= 4 is 0 Å². The van der Waals surface area contributed by atoms with Gasteiger partial charge < -0.3 is 10.2 Å². The fourth-order valence-corrected chi connectivity index (χ4v) is 3.89. The zero-order valence-electron chi connectivity index (χ0n) is 13.1. The Hall–Kier alpha value is -1.96. The lowest BCUT2D eigenvalue weighted by Gasteiger charge is -2.27. The van der Waals surface area contributed by atoms with Crippen molar-refractivity contribution in [3.8, 4) is 11.5 Å². The number of phenols is 2. The Morgan fingerprint density at radius 3 is 2.45 bits per heavy atom. The maximum absolute atomic E-state index is 9.78. The molecule has 0 amide bonds. The van der Waals surface area contributed by atoms with Gasteiger partial charge in [0.25, 0.3) is 0 Å². The summed E-state index contributed by atoms with van der Waals surface area (Å²) in [5.74, 6) is 1.69. The molecule has 0 saturated carbocycles. The molecule has 0 heterocycles. The first kappa shape index (κ1) is 15.0. The Labute approximate surface area is 132 Å². The lowest BCUT2D eigenvalue weighted by Crippen LogP contribution is -2.11. The number of aryl methyl sites for hydroxylation is 1. The highest BCUT2D eigenvalue weighted by Crippen LogP contribution is 2.44. The summed E-state index contributed by atoms with van der Waals surface area (Å²) < 4.78 is 0. The standard InChI is InChI=1S/C20H24O2/c1-2-4-20-18(14-7-9-16(21)10-8-14)6-3-5-15-13-17(22)11-12-19(15)20/h7-13,18,20-22H,2-6H2,1H3/t18-,20+/m1/s1. The summed E-state index contributed by atoms with van der Waals surface area (Å²) in [5.41, 5.74) is 4.02. The van der Waals surface area contributed by atoms with Crippen molar-refractivity contribution in [1.29, 1.82) is 0 Å². The fraction of sp³-hybridized carbons (Fsp3) is 0.400. The van der Waals surface area contributed by atoms with Crippen molar-refractivity contribution in [3.05, 3.63) is 59.2 Å². The molecule has 1 aliphatic carbocycles. The average Bonchev–Trinajstić information content (AvgIpc) is 2.68. The van der Waals surface area contributed by atoms with Gasteiger partial charge >= 0.3 is 0 Å². The van der Waals surface area contributed by atoms with E-state index in [1.165, 1.54) is 16.7 Å². The van der Waals surface area contributed by atoms with Gasteiger partial charge in [-0.15, -0.1) is 0 Å². The largest absolute Gasteiger partial charge is 0.508 e. The van der Waals surface area contributed by atoms with Crippen molar-refractivity contribution in [1.82, 2.24) is 0 Å². The first-order valence-electron chi connectivity index (χ1n) is 8.29. The van der Waals surface area contributed by atoms with Crippen molar-refractivity contribution < 1.29 is 10.2 Å². The lowest BCUT2D eigenvalue weighted by molar-refractivity contribution is 0.465. The Morgan fingerprint density at radius 2 is 1.73 bits per heavy atom. The second-order valence-corrected chi connectivity index (χ2v) is 6.37. The predicted octanol–water partition coefficient (Wildman–Crippen LogP) is 5.10. The summed E-state index contributed by atoms with van der Waals surface area (Å²) in [6.07, 6.45) is 5.65. The van der Waals surface area contributed by atoms with Crippen LogP contribution in [0.25, 0.3) is 0 Å². The molecule has 0 fully saturated rings. The third-order valence-electron chi connectivity index (χ3n) is 4.89. The molecule has 0 unspecified atom stereocenters. The minimum atomic E-state index is 0.328. The van der Waals surface area contributed by atoms with Gasteiger partial charge in [-0.1, -0.05) is 31.5 Å². The maximum Gasteiger partial charge on any atom is 0.115 e. The summed E-state index contributed by atoms with van der Waals surface area (Å²) in [6, 6.07) is 13.6. The highest BCUT2D eigenvalue weighted by atomic mass is 16.3. The Morgan fingerprint density at radius 1 is 1.00 bits per heavy atom. The second-order valence-electron chi connectivity index (χ2n) is 6.37. The van der Waals surface area contributed by atoms with Gasteiger partial charge in [0.05, 0.1) is 0 Å². The van der Waals surface area contributed by atoms with E-state index in [0.717, 1.165) is 32.1 Å². The van der Waals surface area contributed by atoms with E-state index in [0.29, 0.717) is 23.3 Å². The van der Waals surface area contributed by atoms with E-state index in [1.54, 1.807) is 12.1 Å². The van der Waals surface area contributed by atoms with Gasteiger partial charge in [-0.2, -0.15) is 0 Å². The van der Waals surface area contributed by atoms with Crippen molar-refractivity contribution in [3.63, 3.8) is 0 Å². The van der Waals surface area contributed by atoms with Crippen LogP contribution in [0.1, 0.15) is 61.1 Å². The van der Waals surface area contributed by atoms with E-state index in [2.05, 4.69) is 25.1 Å². The zero-order valence-corrected chi connectivity index (χ0v) is 13.1. The predicted molar refractivity (Wildman–Crippen MR) is 89.5 cm³/mol. The van der Waals surface area contributed by atoms with Gasteiger partial charge in [0.1, 0.15) is 11.5 Å². The normalized spacial score (nSPS) is 21.1. The van der Waals surface area contributed by atoms with Gasteiger partial charge in [0.2, 0.25) is 0 Å². The molecule has 1 aliphatic rings. The summed E-state index contributed by atoms with van der Waals surface area (Å²) >= 11 is 0. The summed E-state index contributed by atoms with van der Waals surface area (Å²) in [7, 11) is 0. The monoisotopic (exact) mass is 296 g/mol. The lowest BCUT2D eigenvalue weighted by atomic mass is 9.77. The molecule has 2 aromatic rings. The first-order chi connectivity index (χ1) is 10.7. The summed E-state index contributed by atoms with van der Waals surface area (Å²) in [4.78, 5) is 0. The third kappa shape index (κ3) is 2.96. The zero-order chi connectivity index (χ0) is 15.5. The molecule has 2 aromatic carbocycles. The molecule has 0 aliphatic heterocycles. The fourth-order valence-electron chi connectivity index (χ4n) is 3.89. The van der Waals surface area contributed by atoms with Crippen molar-refractivity contribution in [2.75, 3.05) is 0 Å². The molecule has 0 bridgehead atoms. The maximum atomic E-state index is 9.78. The van der Waals surface area contributed by atoms with Crippen LogP contribution >= 0.6 is 0 Å². The Bertz CT molecular complexity index is 631. The van der Waals surface area contributed by atoms with E-state index in [9.17, 15) is 10.2 Å². The molecular weight excluding hydrogens is 272 g/mol. The third-order valence-corrected chi connectivity index (χ3v) is 4.89. The molecule has 3 rings (SSSR count). The van der Waals surface area contributed by atoms with Crippen LogP contribution in [0, 0.1) is 0 Å². The minimum Gasteiger partial charge on any atom is -0.508 e. The number of hydrogen-bond acceptors (Lipinski definition) is 2. The van der Waals surface area contributed by atoms with E-state index in [-0.39, 0.29) is 0 Å². The van der Waals surface area contributed by atoms with Crippen LogP contribution in [-0.2, 0) is 6.42 Å². The van der Waals surface area contributed by atoms with Gasteiger partial charge in [-0.3, -0.25) is 0 Å². The van der Waals surface area contributed by atoms with E-state index >= 15 is 0 Å². The van der Waals surface area contributed by atoms with Gasteiger partial charge in [0.15, 0.2) is 0 Å². The van der Waals surface area contributed by atoms with Crippen LogP contribution in [0.5, 0.6) is 11.5 Å². The van der Waals surface area contributed by atoms with Crippen LogP contribution in [0.4, 0.5) is 0 Å². The van der Waals surface area contributed by atoms with Crippen LogP contribution in [0.15, 0.2) is 42.5 Å². The van der Waals surface area contributed by atoms with Crippen LogP contribution in [0.2, 0.25) is 0 Å². The van der Waals surface area contributed by atoms with E-state index in [1.807, 2.05) is 12.1 Å². The second kappa shape index (κ2) is 6.43. The van der Waals surface area contributed by atoms with Crippen LogP contribution in [-0.4, -0.2) is 10.2 Å². The van der Waals surface area contributed by atoms with Crippen LogP contribution < -0.4 is 0 Å². The Kier molecular flexibility index (Phi) is 4.37. The SMILES string of the molecule is CCC[C@@H]1c2ccc(O)cc2CCC[C@@H]1c1ccc(O)cc1. The van der Waals surface area contributed by atoms with Crippen molar-refractivity contribution in [2.45, 2.75) is 50.9 Å². The topological polar surface area (TPSA) is 40.5 Å². The molecule has 2 atom stereocenters. The molecule has 2 N–H and O–H groups in total. The highest BCUT2D eigenvalue weighted by Gasteiger charge is 2.28. The van der Waals surface area contributed by atoms with E-state index in [4.69, 9.17) is 0 Å². The van der Waals surface area contributed by atoms with E-state index < -0.39 is 0 Å². The molecule has 0 radical (unpaired) electrons. The number of fused-ring (bicyclic) bond motifs is 1. The number of rotatable bonds is 3. The van der Waals surface area contributed by atoms with Crippen LogP contribution in [0.3, 0.4) is 0 Å². The summed E-state index contributed by atoms with van der Waals surface area (Å²) in [5, 5.41) is 19.3. The smallest absolute Gasteiger partial charge is 0.115 e. The molecule has 116 valence electrons. The van der Waals surface area contributed by atoms with Gasteiger partial charge in [0, 0.05) is 0 Å². The first-order valence-corrected chi connectivity index (χ1v) is 8.29. The average molecular weight is 296 g/mol. The molecule has 0 saturated heterocycles. The quantitative estimate of drug-likeness (QED) is 0.773. The van der Waals surface area contributed by atoms with Crippen molar-refractivity contribution in [2.24, 2.45) is 0 Å². The summed E-state index contributed by atoms with van der Waals surface area (Å²) in [6.45, 7) is 2.23. The number of aromatic hydroxyl groups is 2. The molecule has 2 nitrogen and oxygen atoms in total. The molecule has 22 heavy (non-hydrogen) atoms. The molecule has 2 heteroatoms. The molecule has 0 aromatic heterocycles. The molecular formula is C20H24O2. The Balaban J connectivity index is 2.02. The molecule has 0 spiro atoms. The number of benzene rings is 2. The minimum absolute atomic E-state index is 0.328.